The number of hydrogen-bond acceptors (Lipinski definition) is 4. The van der Waals surface area contributed by atoms with Gasteiger partial charge in [0.15, 0.2) is 5.82 Å². The highest BCUT2D eigenvalue weighted by Gasteiger charge is 2.24. The third-order valence-electron chi connectivity index (χ3n) is 5.31. The largest absolute Gasteiger partial charge is 0.342 e. The van der Waals surface area contributed by atoms with Crippen LogP contribution in [0.15, 0.2) is 36.4 Å². The van der Waals surface area contributed by atoms with E-state index in [1.54, 1.807) is 4.52 Å². The smallest absolute Gasteiger partial charge is 0.252 e. The molecule has 3 heterocycles. The summed E-state index contributed by atoms with van der Waals surface area (Å²) in [6.45, 7) is 5.55. The van der Waals surface area contributed by atoms with Crippen LogP contribution in [0, 0.1) is 19.8 Å². The van der Waals surface area contributed by atoms with Crippen LogP contribution in [0.4, 0.5) is 0 Å². The van der Waals surface area contributed by atoms with Crippen LogP contribution in [0.1, 0.15) is 35.6 Å². The van der Waals surface area contributed by atoms with Gasteiger partial charge >= 0.3 is 0 Å². The minimum absolute atomic E-state index is 0.110. The predicted molar refractivity (Wildman–Crippen MR) is 103 cm³/mol. The van der Waals surface area contributed by atoms with Gasteiger partial charge in [-0.1, -0.05) is 30.3 Å². The number of hydrogen-bond donors (Lipinski definition) is 0. The first kappa shape index (κ1) is 17.6. The molecule has 1 saturated heterocycles. The zero-order chi connectivity index (χ0) is 18.8. The van der Waals surface area contributed by atoms with Crippen LogP contribution in [0.3, 0.4) is 0 Å². The van der Waals surface area contributed by atoms with Gasteiger partial charge in [-0.05, 0) is 50.7 Å². The lowest BCUT2D eigenvalue weighted by Gasteiger charge is -2.32. The summed E-state index contributed by atoms with van der Waals surface area (Å²) in [5.41, 5.74) is 3.27. The maximum absolute atomic E-state index is 12.7. The van der Waals surface area contributed by atoms with E-state index in [0.29, 0.717) is 17.5 Å². The van der Waals surface area contributed by atoms with Crippen molar-refractivity contribution in [3.05, 3.63) is 59.2 Å². The van der Waals surface area contributed by atoms with Crippen molar-refractivity contribution in [1.29, 1.82) is 0 Å². The summed E-state index contributed by atoms with van der Waals surface area (Å²) in [4.78, 5) is 23.5. The summed E-state index contributed by atoms with van der Waals surface area (Å²) in [6, 6.07) is 12.6. The quantitative estimate of drug-likeness (QED) is 0.715. The zero-order valence-corrected chi connectivity index (χ0v) is 15.9. The molecule has 0 saturated carbocycles. The second kappa shape index (κ2) is 7.47. The van der Waals surface area contributed by atoms with E-state index in [1.165, 1.54) is 5.56 Å². The van der Waals surface area contributed by atoms with Crippen molar-refractivity contribution < 1.29 is 4.79 Å². The summed E-state index contributed by atoms with van der Waals surface area (Å²) in [6.07, 6.45) is 3.45. The van der Waals surface area contributed by atoms with Gasteiger partial charge in [-0.2, -0.15) is 4.98 Å². The van der Waals surface area contributed by atoms with Crippen molar-refractivity contribution in [3.8, 4) is 0 Å². The molecule has 0 aliphatic carbocycles. The molecule has 4 rings (SSSR count). The standard InChI is InChI=1S/C21H25N5O/c1-15-12-16(2)26-21(22-15)23-19(24-26)14-20(27)25-10-8-18(9-11-25)13-17-6-4-3-5-7-17/h3-7,12,18H,8-11,13-14H2,1-2H3. The maximum Gasteiger partial charge on any atom is 0.252 e. The molecule has 1 aliphatic rings. The van der Waals surface area contributed by atoms with E-state index < -0.39 is 0 Å². The van der Waals surface area contributed by atoms with E-state index in [9.17, 15) is 4.79 Å². The van der Waals surface area contributed by atoms with Crippen molar-refractivity contribution in [3.63, 3.8) is 0 Å². The van der Waals surface area contributed by atoms with Crippen LogP contribution < -0.4 is 0 Å². The number of aromatic nitrogens is 4. The number of likely N-dealkylation sites (tertiary alicyclic amines) is 1. The van der Waals surface area contributed by atoms with E-state index in [2.05, 4.69) is 45.4 Å². The molecular formula is C21H25N5O. The number of amides is 1. The summed E-state index contributed by atoms with van der Waals surface area (Å²) in [7, 11) is 0. The second-order valence-electron chi connectivity index (χ2n) is 7.47. The molecule has 1 fully saturated rings. The van der Waals surface area contributed by atoms with Crippen LogP contribution in [0.2, 0.25) is 0 Å². The fraction of sp³-hybridized carbons (Fsp3) is 0.429. The number of carbonyl (C=O) groups excluding carboxylic acids is 1. The highest BCUT2D eigenvalue weighted by atomic mass is 16.2. The lowest BCUT2D eigenvalue weighted by atomic mass is 9.90. The number of piperidine rings is 1. The van der Waals surface area contributed by atoms with E-state index >= 15 is 0 Å². The van der Waals surface area contributed by atoms with Gasteiger partial charge in [0.1, 0.15) is 0 Å². The summed E-state index contributed by atoms with van der Waals surface area (Å²) in [5.74, 6) is 1.88. The lowest BCUT2D eigenvalue weighted by Crippen LogP contribution is -2.39. The molecule has 140 valence electrons. The number of fused-ring (bicyclic) bond motifs is 1. The van der Waals surface area contributed by atoms with Crippen molar-refractivity contribution in [2.75, 3.05) is 13.1 Å². The third kappa shape index (κ3) is 3.99. The van der Waals surface area contributed by atoms with Crippen LogP contribution in [0.25, 0.3) is 5.78 Å². The molecule has 0 unspecified atom stereocenters. The van der Waals surface area contributed by atoms with Gasteiger partial charge in [0.25, 0.3) is 5.78 Å². The Morgan fingerprint density at radius 3 is 2.59 bits per heavy atom. The molecule has 1 aliphatic heterocycles. The molecule has 1 aromatic carbocycles. The minimum Gasteiger partial charge on any atom is -0.342 e. The molecule has 0 N–H and O–H groups in total. The van der Waals surface area contributed by atoms with E-state index in [1.807, 2.05) is 24.8 Å². The first-order chi connectivity index (χ1) is 13.1. The summed E-state index contributed by atoms with van der Waals surface area (Å²) in [5, 5.41) is 4.45. The van der Waals surface area contributed by atoms with Crippen molar-refractivity contribution in [1.82, 2.24) is 24.5 Å². The Balaban J connectivity index is 1.35. The molecule has 0 spiro atoms. The average Bonchev–Trinajstić information content (AvgIpc) is 3.06. The molecular weight excluding hydrogens is 338 g/mol. The van der Waals surface area contributed by atoms with Gasteiger partial charge in [0, 0.05) is 24.5 Å². The van der Waals surface area contributed by atoms with Gasteiger partial charge < -0.3 is 4.90 Å². The minimum atomic E-state index is 0.110. The molecule has 6 heteroatoms. The molecule has 1 amide bonds. The molecule has 2 aromatic heterocycles. The monoisotopic (exact) mass is 363 g/mol. The SMILES string of the molecule is Cc1cc(C)n2nc(CC(=O)N3CCC(Cc4ccccc4)CC3)nc2n1. The Bertz CT molecular complexity index is 942. The molecule has 27 heavy (non-hydrogen) atoms. The van der Waals surface area contributed by atoms with Crippen molar-refractivity contribution in [2.24, 2.45) is 5.92 Å². The van der Waals surface area contributed by atoms with E-state index in [0.717, 1.165) is 43.7 Å². The van der Waals surface area contributed by atoms with Gasteiger partial charge in [0.2, 0.25) is 5.91 Å². The van der Waals surface area contributed by atoms with Crippen molar-refractivity contribution >= 4 is 11.7 Å². The normalized spacial score (nSPS) is 15.4. The van der Waals surface area contributed by atoms with E-state index in [4.69, 9.17) is 0 Å². The Labute approximate surface area is 159 Å². The van der Waals surface area contributed by atoms with Gasteiger partial charge in [-0.3, -0.25) is 4.79 Å². The number of rotatable bonds is 4. The Kier molecular flexibility index (Phi) is 4.88. The second-order valence-corrected chi connectivity index (χ2v) is 7.47. The molecule has 6 nitrogen and oxygen atoms in total. The van der Waals surface area contributed by atoms with Gasteiger partial charge in [-0.25, -0.2) is 9.50 Å². The molecule has 0 radical (unpaired) electrons. The van der Waals surface area contributed by atoms with E-state index in [-0.39, 0.29) is 12.3 Å². The number of aryl methyl sites for hydroxylation is 2. The fourth-order valence-electron chi connectivity index (χ4n) is 3.86. The summed E-state index contributed by atoms with van der Waals surface area (Å²) < 4.78 is 1.71. The topological polar surface area (TPSA) is 63.4 Å². The number of carbonyl (C=O) groups is 1. The fourth-order valence-corrected chi connectivity index (χ4v) is 3.86. The lowest BCUT2D eigenvalue weighted by molar-refractivity contribution is -0.131. The highest BCUT2D eigenvalue weighted by Crippen LogP contribution is 2.22. The predicted octanol–water partition coefficient (Wildman–Crippen LogP) is 2.76. The first-order valence-corrected chi connectivity index (χ1v) is 9.60. The number of benzene rings is 1. The zero-order valence-electron chi connectivity index (χ0n) is 15.9. The Hall–Kier alpha value is -2.76. The Morgan fingerprint density at radius 1 is 1.11 bits per heavy atom. The molecule has 0 bridgehead atoms. The van der Waals surface area contributed by atoms with Crippen LogP contribution in [-0.2, 0) is 17.6 Å². The van der Waals surface area contributed by atoms with Crippen LogP contribution >= 0.6 is 0 Å². The van der Waals surface area contributed by atoms with Crippen LogP contribution in [0.5, 0.6) is 0 Å². The molecule has 3 aromatic rings. The van der Waals surface area contributed by atoms with Gasteiger partial charge in [0.05, 0.1) is 6.42 Å². The number of nitrogens with zero attached hydrogens (tertiary/aromatic N) is 5. The first-order valence-electron chi connectivity index (χ1n) is 9.60. The van der Waals surface area contributed by atoms with Crippen LogP contribution in [-0.4, -0.2) is 43.5 Å². The maximum atomic E-state index is 12.7. The Morgan fingerprint density at radius 2 is 1.85 bits per heavy atom. The van der Waals surface area contributed by atoms with Gasteiger partial charge in [-0.15, -0.1) is 5.10 Å². The van der Waals surface area contributed by atoms with Crippen molar-refractivity contribution in [2.45, 2.75) is 39.5 Å². The summed E-state index contributed by atoms with van der Waals surface area (Å²) >= 11 is 0. The third-order valence-corrected chi connectivity index (χ3v) is 5.31. The average molecular weight is 363 g/mol. The molecule has 0 atom stereocenters. The highest BCUT2D eigenvalue weighted by molar-refractivity contribution is 5.78.